The lowest BCUT2D eigenvalue weighted by Gasteiger charge is -2.04. The van der Waals surface area contributed by atoms with Gasteiger partial charge in [0, 0.05) is 5.92 Å². The maximum absolute atomic E-state index is 11.9. The van der Waals surface area contributed by atoms with E-state index in [-0.39, 0.29) is 11.7 Å². The minimum Gasteiger partial charge on any atom is -0.293 e. The van der Waals surface area contributed by atoms with Crippen molar-refractivity contribution in [3.8, 4) is 0 Å². The van der Waals surface area contributed by atoms with Crippen LogP contribution in [0.3, 0.4) is 0 Å². The molecule has 0 unspecified atom stereocenters. The Balaban J connectivity index is 2.18. The molecule has 1 nitrogen and oxygen atoms in total. The molecule has 0 spiro atoms. The topological polar surface area (TPSA) is 17.1 Å². The molecule has 1 aliphatic rings. The van der Waals surface area contributed by atoms with Crippen LogP contribution < -0.4 is 0 Å². The lowest BCUT2D eigenvalue weighted by Crippen LogP contribution is -2.08. The highest BCUT2D eigenvalue weighted by Crippen LogP contribution is 2.35. The smallest absolute Gasteiger partial charge is 0.175 e. The van der Waals surface area contributed by atoms with E-state index >= 15 is 0 Å². The van der Waals surface area contributed by atoms with Crippen LogP contribution in [0.1, 0.15) is 35.4 Å². The van der Waals surface area contributed by atoms with Gasteiger partial charge < -0.3 is 0 Å². The van der Waals surface area contributed by atoms with Crippen molar-refractivity contribution in [2.24, 2.45) is 5.92 Å². The highest BCUT2D eigenvalue weighted by atomic mass is 35.5. The molecule has 76 valence electrons. The summed E-state index contributed by atoms with van der Waals surface area (Å²) >= 11 is 12.9. The highest BCUT2D eigenvalue weighted by molar-refractivity contribution is 7.18. The Hall–Kier alpha value is -0.0500. The van der Waals surface area contributed by atoms with Gasteiger partial charge in [0.05, 0.1) is 9.90 Å². The number of halogens is 2. The Kier molecular flexibility index (Phi) is 3.15. The summed E-state index contributed by atoms with van der Waals surface area (Å²) in [7, 11) is 0. The molecule has 1 aromatic heterocycles. The average molecular weight is 249 g/mol. The molecule has 1 fully saturated rings. The van der Waals surface area contributed by atoms with Crippen molar-refractivity contribution in [3.63, 3.8) is 0 Å². The van der Waals surface area contributed by atoms with Gasteiger partial charge in [0.15, 0.2) is 5.78 Å². The van der Waals surface area contributed by atoms with Crippen molar-refractivity contribution in [1.29, 1.82) is 0 Å². The van der Waals surface area contributed by atoms with Crippen LogP contribution in [0.25, 0.3) is 0 Å². The Morgan fingerprint density at radius 1 is 1.36 bits per heavy atom. The summed E-state index contributed by atoms with van der Waals surface area (Å²) < 4.78 is 0.521. The molecule has 4 heteroatoms. The molecule has 0 atom stereocenters. The van der Waals surface area contributed by atoms with Crippen LogP contribution >= 0.6 is 34.5 Å². The van der Waals surface area contributed by atoms with Gasteiger partial charge in [-0.05, 0) is 18.9 Å². The molecule has 1 heterocycles. The fourth-order valence-electron chi connectivity index (χ4n) is 1.86. The van der Waals surface area contributed by atoms with Crippen LogP contribution in [0.4, 0.5) is 0 Å². The van der Waals surface area contributed by atoms with Crippen LogP contribution in [-0.2, 0) is 0 Å². The molecule has 0 N–H and O–H groups in total. The molecule has 14 heavy (non-hydrogen) atoms. The van der Waals surface area contributed by atoms with E-state index in [9.17, 15) is 4.79 Å². The minimum atomic E-state index is 0.209. The van der Waals surface area contributed by atoms with Crippen LogP contribution in [0, 0.1) is 5.92 Å². The van der Waals surface area contributed by atoms with Crippen LogP contribution in [0.15, 0.2) is 6.07 Å². The van der Waals surface area contributed by atoms with Crippen molar-refractivity contribution in [3.05, 3.63) is 20.3 Å². The van der Waals surface area contributed by atoms with E-state index < -0.39 is 0 Å². The lowest BCUT2D eigenvalue weighted by atomic mass is 10.0. The van der Waals surface area contributed by atoms with Crippen molar-refractivity contribution < 1.29 is 4.79 Å². The summed E-state index contributed by atoms with van der Waals surface area (Å²) in [6, 6.07) is 1.69. The third-order valence-corrected chi connectivity index (χ3v) is 4.49. The van der Waals surface area contributed by atoms with Gasteiger partial charge in [0.2, 0.25) is 0 Å². The van der Waals surface area contributed by atoms with Gasteiger partial charge in [-0.1, -0.05) is 36.0 Å². The summed E-state index contributed by atoms with van der Waals surface area (Å²) in [5.74, 6) is 0.432. The first-order chi connectivity index (χ1) is 6.68. The second-order valence-corrected chi connectivity index (χ2v) is 5.64. The highest BCUT2D eigenvalue weighted by Gasteiger charge is 2.25. The van der Waals surface area contributed by atoms with E-state index in [0.29, 0.717) is 14.2 Å². The molecule has 0 amide bonds. The molecule has 2 rings (SSSR count). The molecule has 0 aliphatic heterocycles. The Morgan fingerprint density at radius 2 is 2.00 bits per heavy atom. The number of hydrogen-bond donors (Lipinski definition) is 0. The minimum absolute atomic E-state index is 0.209. The second-order valence-electron chi connectivity index (χ2n) is 3.58. The monoisotopic (exact) mass is 248 g/mol. The van der Waals surface area contributed by atoms with Gasteiger partial charge in [0.25, 0.3) is 0 Å². The zero-order valence-electron chi connectivity index (χ0n) is 7.56. The van der Waals surface area contributed by atoms with Gasteiger partial charge in [-0.15, -0.1) is 11.3 Å². The number of rotatable bonds is 2. The summed E-state index contributed by atoms with van der Waals surface area (Å²) in [4.78, 5) is 12.6. The van der Waals surface area contributed by atoms with E-state index in [4.69, 9.17) is 23.2 Å². The molecule has 0 radical (unpaired) electrons. The Labute approximate surface area is 97.0 Å². The van der Waals surface area contributed by atoms with E-state index in [1.807, 2.05) is 0 Å². The first-order valence-corrected chi connectivity index (χ1v) is 6.25. The number of carbonyl (C=O) groups excluding carboxylic acids is 1. The maximum Gasteiger partial charge on any atom is 0.175 e. The van der Waals surface area contributed by atoms with Gasteiger partial charge in [-0.3, -0.25) is 4.79 Å². The van der Waals surface area contributed by atoms with E-state index in [2.05, 4.69) is 0 Å². The van der Waals surface area contributed by atoms with Crippen molar-refractivity contribution in [2.45, 2.75) is 25.7 Å². The maximum atomic E-state index is 11.9. The Bertz CT molecular complexity index is 334. The van der Waals surface area contributed by atoms with Crippen molar-refractivity contribution in [1.82, 2.24) is 0 Å². The molecule has 0 bridgehead atoms. The molecule has 0 aromatic carbocycles. The van der Waals surface area contributed by atoms with Gasteiger partial charge in [-0.25, -0.2) is 0 Å². The SMILES string of the molecule is O=C(c1cc(Cl)c(Cl)s1)C1CCCC1. The first-order valence-electron chi connectivity index (χ1n) is 4.67. The summed E-state index contributed by atoms with van der Waals surface area (Å²) in [6.45, 7) is 0. The number of ketones is 1. The van der Waals surface area contributed by atoms with Crippen LogP contribution in [0.2, 0.25) is 9.36 Å². The zero-order valence-corrected chi connectivity index (χ0v) is 9.88. The Morgan fingerprint density at radius 3 is 2.50 bits per heavy atom. The molecule has 0 saturated heterocycles. The third-order valence-electron chi connectivity index (χ3n) is 2.61. The normalized spacial score (nSPS) is 17.6. The van der Waals surface area contributed by atoms with Gasteiger partial charge in [-0.2, -0.15) is 0 Å². The number of hydrogen-bond acceptors (Lipinski definition) is 2. The summed E-state index contributed by atoms with van der Waals surface area (Å²) in [6.07, 6.45) is 4.38. The largest absolute Gasteiger partial charge is 0.293 e. The predicted octanol–water partition coefficient (Wildman–Crippen LogP) is 4.43. The summed E-state index contributed by atoms with van der Waals surface area (Å²) in [5.41, 5.74) is 0. The molecule has 1 aromatic rings. The van der Waals surface area contributed by atoms with E-state index in [1.165, 1.54) is 24.2 Å². The number of carbonyl (C=O) groups is 1. The van der Waals surface area contributed by atoms with Gasteiger partial charge >= 0.3 is 0 Å². The van der Waals surface area contributed by atoms with Crippen molar-refractivity contribution >= 4 is 40.3 Å². The van der Waals surface area contributed by atoms with E-state index in [0.717, 1.165) is 12.8 Å². The number of Topliss-reactive ketones (excluding diaryl/α,β-unsaturated/α-hetero) is 1. The standard InChI is InChI=1S/C10H10Cl2OS/c11-7-5-8(14-10(7)12)9(13)6-3-1-2-4-6/h5-6H,1-4H2. The summed E-state index contributed by atoms with van der Waals surface area (Å²) in [5, 5.41) is 0.498. The zero-order chi connectivity index (χ0) is 10.1. The number of thiophene rings is 1. The third kappa shape index (κ3) is 1.97. The van der Waals surface area contributed by atoms with Crippen LogP contribution in [0.5, 0.6) is 0 Å². The fourth-order valence-corrected chi connectivity index (χ4v) is 3.24. The first kappa shape index (κ1) is 10.5. The van der Waals surface area contributed by atoms with Crippen LogP contribution in [-0.4, -0.2) is 5.78 Å². The molecule has 1 aliphatic carbocycles. The quantitative estimate of drug-likeness (QED) is 0.708. The molecule has 1 saturated carbocycles. The lowest BCUT2D eigenvalue weighted by molar-refractivity contribution is 0.0927. The van der Waals surface area contributed by atoms with Crippen molar-refractivity contribution in [2.75, 3.05) is 0 Å². The fraction of sp³-hybridized carbons (Fsp3) is 0.500. The molecular weight excluding hydrogens is 239 g/mol. The second kappa shape index (κ2) is 4.21. The predicted molar refractivity (Wildman–Crippen MR) is 60.6 cm³/mol. The van der Waals surface area contributed by atoms with E-state index in [1.54, 1.807) is 6.07 Å². The van der Waals surface area contributed by atoms with Gasteiger partial charge in [0.1, 0.15) is 4.34 Å². The molecular formula is C10H10Cl2OS. The average Bonchev–Trinajstić information content (AvgIpc) is 2.76.